The van der Waals surface area contributed by atoms with Crippen molar-refractivity contribution < 1.29 is 4.79 Å². The van der Waals surface area contributed by atoms with E-state index in [9.17, 15) is 4.79 Å². The second-order valence-corrected chi connectivity index (χ2v) is 6.44. The Hall–Kier alpha value is -1.35. The third-order valence-corrected chi connectivity index (χ3v) is 4.95. The zero-order chi connectivity index (χ0) is 14.5. The van der Waals surface area contributed by atoms with Gasteiger partial charge in [-0.25, -0.2) is 0 Å². The first-order valence-electron chi connectivity index (χ1n) is 8.43. The maximum Gasteiger partial charge on any atom is 0.237 e. The molecule has 1 aliphatic heterocycles. The van der Waals surface area contributed by atoms with Crippen LogP contribution in [-0.4, -0.2) is 18.5 Å². The van der Waals surface area contributed by atoms with Gasteiger partial charge in [-0.15, -0.1) is 0 Å². The number of hydrogen-bond donors (Lipinski definition) is 2. The molecule has 0 bridgehead atoms. The molecular formula is C18H26N2O. The Bertz CT molecular complexity index is 448. The molecule has 21 heavy (non-hydrogen) atoms. The molecule has 3 heteroatoms. The molecule has 2 aliphatic rings. The normalized spacial score (nSPS) is 24.7. The average molecular weight is 286 g/mol. The molecule has 2 fully saturated rings. The third kappa shape index (κ3) is 3.65. The monoisotopic (exact) mass is 286 g/mol. The lowest BCUT2D eigenvalue weighted by atomic mass is 9.91. The van der Waals surface area contributed by atoms with Gasteiger partial charge in [-0.3, -0.25) is 4.79 Å². The summed E-state index contributed by atoms with van der Waals surface area (Å²) in [7, 11) is 0. The van der Waals surface area contributed by atoms with E-state index < -0.39 is 0 Å². The summed E-state index contributed by atoms with van der Waals surface area (Å²) in [4.78, 5) is 12.6. The largest absolute Gasteiger partial charge is 0.348 e. The van der Waals surface area contributed by atoms with Crippen LogP contribution >= 0.6 is 0 Å². The van der Waals surface area contributed by atoms with Crippen molar-refractivity contribution in [2.45, 2.75) is 57.0 Å². The molecule has 0 spiro atoms. The lowest BCUT2D eigenvalue weighted by molar-refractivity contribution is -0.124. The second kappa shape index (κ2) is 7.08. The van der Waals surface area contributed by atoms with Crippen molar-refractivity contribution in [2.24, 2.45) is 5.92 Å². The zero-order valence-corrected chi connectivity index (χ0v) is 12.7. The molecule has 0 radical (unpaired) electrons. The van der Waals surface area contributed by atoms with E-state index in [4.69, 9.17) is 0 Å². The van der Waals surface area contributed by atoms with Crippen LogP contribution < -0.4 is 10.6 Å². The Labute approximate surface area is 127 Å². The van der Waals surface area contributed by atoms with Crippen LogP contribution in [0.15, 0.2) is 30.3 Å². The van der Waals surface area contributed by atoms with Crippen molar-refractivity contribution in [3.05, 3.63) is 35.9 Å². The van der Waals surface area contributed by atoms with E-state index in [2.05, 4.69) is 34.9 Å². The number of carbonyl (C=O) groups is 1. The maximum atomic E-state index is 12.6. The Morgan fingerprint density at radius 3 is 2.43 bits per heavy atom. The standard InChI is InChI=1S/C18H26N2O/c21-18(16-12-6-7-13-19-16)20-17(15-10-4-5-11-15)14-8-2-1-3-9-14/h1-3,8-9,15-17,19H,4-7,10-13H2,(H,20,21). The summed E-state index contributed by atoms with van der Waals surface area (Å²) in [6.45, 7) is 0.970. The number of amides is 1. The summed E-state index contributed by atoms with van der Waals surface area (Å²) >= 11 is 0. The van der Waals surface area contributed by atoms with E-state index in [1.54, 1.807) is 0 Å². The van der Waals surface area contributed by atoms with Crippen molar-refractivity contribution in [3.8, 4) is 0 Å². The van der Waals surface area contributed by atoms with Crippen molar-refractivity contribution >= 4 is 5.91 Å². The minimum atomic E-state index is 0.00589. The van der Waals surface area contributed by atoms with Crippen LogP contribution in [0, 0.1) is 5.92 Å². The van der Waals surface area contributed by atoms with Gasteiger partial charge in [0.15, 0.2) is 0 Å². The molecule has 3 nitrogen and oxygen atoms in total. The van der Waals surface area contributed by atoms with E-state index in [1.165, 1.54) is 37.7 Å². The molecule has 1 saturated heterocycles. The van der Waals surface area contributed by atoms with E-state index in [1.807, 2.05) is 6.07 Å². The molecule has 1 aliphatic carbocycles. The van der Waals surface area contributed by atoms with Crippen LogP contribution in [0.5, 0.6) is 0 Å². The minimum absolute atomic E-state index is 0.00589. The SMILES string of the molecule is O=C(NC(c1ccccc1)C1CCCC1)C1CCCCN1. The van der Waals surface area contributed by atoms with Crippen LogP contribution in [0.2, 0.25) is 0 Å². The predicted octanol–water partition coefficient (Wildman–Crippen LogP) is 3.18. The van der Waals surface area contributed by atoms with Gasteiger partial charge in [0, 0.05) is 0 Å². The quantitative estimate of drug-likeness (QED) is 0.892. The highest BCUT2D eigenvalue weighted by Gasteiger charge is 2.30. The van der Waals surface area contributed by atoms with E-state index in [0.717, 1.165) is 19.4 Å². The van der Waals surface area contributed by atoms with Gasteiger partial charge in [-0.1, -0.05) is 49.6 Å². The maximum absolute atomic E-state index is 12.6. The minimum Gasteiger partial charge on any atom is -0.348 e. The van der Waals surface area contributed by atoms with Crippen molar-refractivity contribution in [3.63, 3.8) is 0 Å². The van der Waals surface area contributed by atoms with Gasteiger partial charge in [0.05, 0.1) is 12.1 Å². The Morgan fingerprint density at radius 2 is 1.76 bits per heavy atom. The topological polar surface area (TPSA) is 41.1 Å². The molecule has 1 amide bonds. The summed E-state index contributed by atoms with van der Waals surface area (Å²) in [5.74, 6) is 0.787. The van der Waals surface area contributed by atoms with Gasteiger partial charge in [-0.05, 0) is 43.7 Å². The molecular weight excluding hydrogens is 260 g/mol. The molecule has 1 heterocycles. The summed E-state index contributed by atoms with van der Waals surface area (Å²) in [5, 5.41) is 6.70. The van der Waals surface area contributed by atoms with E-state index in [-0.39, 0.29) is 18.0 Å². The first kappa shape index (κ1) is 14.6. The highest BCUT2D eigenvalue weighted by molar-refractivity contribution is 5.82. The highest BCUT2D eigenvalue weighted by atomic mass is 16.2. The fraction of sp³-hybridized carbons (Fsp3) is 0.611. The molecule has 2 N–H and O–H groups in total. The lowest BCUT2D eigenvalue weighted by Crippen LogP contribution is -2.48. The van der Waals surface area contributed by atoms with Gasteiger partial charge < -0.3 is 10.6 Å². The molecule has 0 aromatic heterocycles. The molecule has 2 unspecified atom stereocenters. The van der Waals surface area contributed by atoms with Gasteiger partial charge in [0.1, 0.15) is 0 Å². The first-order chi connectivity index (χ1) is 10.3. The summed E-state index contributed by atoms with van der Waals surface area (Å²) in [5.41, 5.74) is 1.26. The fourth-order valence-corrected chi connectivity index (χ4v) is 3.75. The number of nitrogens with one attached hydrogen (secondary N) is 2. The van der Waals surface area contributed by atoms with Crippen molar-refractivity contribution in [1.29, 1.82) is 0 Å². The molecule has 1 saturated carbocycles. The van der Waals surface area contributed by atoms with Gasteiger partial charge in [0.2, 0.25) is 5.91 Å². The molecule has 1 aromatic carbocycles. The van der Waals surface area contributed by atoms with Gasteiger partial charge >= 0.3 is 0 Å². The first-order valence-corrected chi connectivity index (χ1v) is 8.43. The number of benzene rings is 1. The van der Waals surface area contributed by atoms with Crippen molar-refractivity contribution in [1.82, 2.24) is 10.6 Å². The highest BCUT2D eigenvalue weighted by Crippen LogP contribution is 2.35. The molecule has 114 valence electrons. The van der Waals surface area contributed by atoms with E-state index in [0.29, 0.717) is 5.92 Å². The average Bonchev–Trinajstić information content (AvgIpc) is 3.08. The number of rotatable bonds is 4. The van der Waals surface area contributed by atoms with Gasteiger partial charge in [-0.2, -0.15) is 0 Å². The zero-order valence-electron chi connectivity index (χ0n) is 12.7. The van der Waals surface area contributed by atoms with Crippen LogP contribution in [0.1, 0.15) is 56.6 Å². The van der Waals surface area contributed by atoms with Crippen LogP contribution in [-0.2, 0) is 4.79 Å². The van der Waals surface area contributed by atoms with E-state index >= 15 is 0 Å². The summed E-state index contributed by atoms with van der Waals surface area (Å²) in [6, 6.07) is 10.7. The number of hydrogen-bond acceptors (Lipinski definition) is 2. The summed E-state index contributed by atoms with van der Waals surface area (Å²) < 4.78 is 0. The summed E-state index contributed by atoms with van der Waals surface area (Å²) in [6.07, 6.45) is 8.38. The molecule has 2 atom stereocenters. The van der Waals surface area contributed by atoms with Crippen LogP contribution in [0.3, 0.4) is 0 Å². The molecule has 1 aromatic rings. The Kier molecular flexibility index (Phi) is 4.91. The van der Waals surface area contributed by atoms with Gasteiger partial charge in [0.25, 0.3) is 0 Å². The van der Waals surface area contributed by atoms with Crippen molar-refractivity contribution in [2.75, 3.05) is 6.54 Å². The smallest absolute Gasteiger partial charge is 0.237 e. The fourth-order valence-electron chi connectivity index (χ4n) is 3.75. The lowest BCUT2D eigenvalue weighted by Gasteiger charge is -2.29. The van der Waals surface area contributed by atoms with Crippen LogP contribution in [0.4, 0.5) is 0 Å². The third-order valence-electron chi connectivity index (χ3n) is 4.95. The van der Waals surface area contributed by atoms with Crippen LogP contribution in [0.25, 0.3) is 0 Å². The predicted molar refractivity (Wildman–Crippen MR) is 84.9 cm³/mol. The Balaban J connectivity index is 1.71. The Morgan fingerprint density at radius 1 is 1.05 bits per heavy atom. The molecule has 3 rings (SSSR count). The number of piperidine rings is 1. The number of carbonyl (C=O) groups excluding carboxylic acids is 1. The second-order valence-electron chi connectivity index (χ2n) is 6.44.